The van der Waals surface area contributed by atoms with Gasteiger partial charge in [-0.3, -0.25) is 23.9 Å². The largest absolute Gasteiger partial charge is 0.455 e. The molecule has 0 saturated heterocycles. The number of carbonyl (C=O) groups excluding carboxylic acids is 2. The fourth-order valence-electron chi connectivity index (χ4n) is 4.99. The first-order chi connectivity index (χ1) is 17.3. The number of nitrogens with two attached hydrogens (primary N) is 1. The molecule has 2 aromatic rings. The number of benzene rings is 1. The van der Waals surface area contributed by atoms with Crippen molar-refractivity contribution in [2.75, 3.05) is 23.8 Å². The van der Waals surface area contributed by atoms with E-state index >= 15 is 0 Å². The van der Waals surface area contributed by atoms with E-state index in [4.69, 9.17) is 10.5 Å². The van der Waals surface area contributed by atoms with Crippen LogP contribution in [0, 0.1) is 5.41 Å². The van der Waals surface area contributed by atoms with Crippen molar-refractivity contribution in [2.24, 2.45) is 5.41 Å². The standard InChI is InChI=1S/C27H38N4O5/c1-3-5-17-30(22-23(28)31(16-4-2)26(35)29-24(22)33)21(32)19-36-25(34)27(14-10-7-11-15-27)18-20-12-8-6-9-13-20/h6,8-9,12-13H,3-5,7,10-11,14-19,28H2,1-2H3,(H,29,33,35). The molecule has 1 aromatic carbocycles. The molecule has 36 heavy (non-hydrogen) atoms. The molecule has 0 aliphatic heterocycles. The van der Waals surface area contributed by atoms with Gasteiger partial charge in [0, 0.05) is 13.1 Å². The van der Waals surface area contributed by atoms with Crippen LogP contribution in [-0.2, 0) is 27.3 Å². The summed E-state index contributed by atoms with van der Waals surface area (Å²) >= 11 is 0. The number of aromatic nitrogens is 2. The highest BCUT2D eigenvalue weighted by molar-refractivity contribution is 5.97. The molecule has 1 fully saturated rings. The Labute approximate surface area is 211 Å². The summed E-state index contributed by atoms with van der Waals surface area (Å²) in [5.41, 5.74) is 5.18. The molecule has 196 valence electrons. The first-order valence-corrected chi connectivity index (χ1v) is 13.0. The smallest absolute Gasteiger partial charge is 0.330 e. The Bertz CT molecular complexity index is 1150. The molecule has 9 heteroatoms. The van der Waals surface area contributed by atoms with Crippen molar-refractivity contribution in [1.29, 1.82) is 0 Å². The molecule has 3 N–H and O–H groups in total. The average molecular weight is 499 g/mol. The first-order valence-electron chi connectivity index (χ1n) is 13.0. The van der Waals surface area contributed by atoms with Gasteiger partial charge in [0.05, 0.1) is 5.41 Å². The quantitative estimate of drug-likeness (QED) is 0.457. The number of esters is 1. The third-order valence-corrected chi connectivity index (χ3v) is 6.92. The van der Waals surface area contributed by atoms with E-state index in [0.717, 1.165) is 31.2 Å². The Morgan fingerprint density at radius 1 is 1.08 bits per heavy atom. The number of nitrogens with one attached hydrogen (secondary N) is 1. The predicted octanol–water partition coefficient (Wildman–Crippen LogP) is 3.40. The highest BCUT2D eigenvalue weighted by Gasteiger charge is 2.41. The van der Waals surface area contributed by atoms with Crippen LogP contribution in [0.5, 0.6) is 0 Å². The Balaban J connectivity index is 1.83. The number of anilines is 2. The van der Waals surface area contributed by atoms with E-state index in [1.807, 2.05) is 44.2 Å². The highest BCUT2D eigenvalue weighted by Crippen LogP contribution is 2.40. The van der Waals surface area contributed by atoms with Crippen LogP contribution in [-0.4, -0.2) is 34.6 Å². The lowest BCUT2D eigenvalue weighted by atomic mass is 9.70. The van der Waals surface area contributed by atoms with Crippen molar-refractivity contribution in [3.8, 4) is 0 Å². The van der Waals surface area contributed by atoms with Crippen LogP contribution in [0.4, 0.5) is 11.5 Å². The van der Waals surface area contributed by atoms with Crippen molar-refractivity contribution in [1.82, 2.24) is 9.55 Å². The Kier molecular flexibility index (Phi) is 9.50. The van der Waals surface area contributed by atoms with Gasteiger partial charge >= 0.3 is 11.7 Å². The van der Waals surface area contributed by atoms with Crippen molar-refractivity contribution in [2.45, 2.75) is 78.2 Å². The summed E-state index contributed by atoms with van der Waals surface area (Å²) in [7, 11) is 0. The van der Waals surface area contributed by atoms with Gasteiger partial charge in [0.25, 0.3) is 11.5 Å². The average Bonchev–Trinajstić information content (AvgIpc) is 2.87. The first kappa shape index (κ1) is 27.2. The Hall–Kier alpha value is -3.36. The van der Waals surface area contributed by atoms with E-state index < -0.39 is 29.2 Å². The molecule has 1 heterocycles. The van der Waals surface area contributed by atoms with Gasteiger partial charge in [0.1, 0.15) is 5.82 Å². The topological polar surface area (TPSA) is 127 Å². The molecular weight excluding hydrogens is 460 g/mol. The zero-order valence-corrected chi connectivity index (χ0v) is 21.4. The molecular formula is C27H38N4O5. The van der Waals surface area contributed by atoms with E-state index in [9.17, 15) is 19.2 Å². The number of nitrogens with zero attached hydrogens (tertiary/aromatic N) is 2. The van der Waals surface area contributed by atoms with Crippen LogP contribution in [0.1, 0.15) is 70.8 Å². The van der Waals surface area contributed by atoms with Gasteiger partial charge in [-0.05, 0) is 37.7 Å². The second-order valence-corrected chi connectivity index (χ2v) is 9.62. The molecule has 0 unspecified atom stereocenters. The predicted molar refractivity (Wildman–Crippen MR) is 140 cm³/mol. The molecule has 1 aliphatic carbocycles. The van der Waals surface area contributed by atoms with Crippen molar-refractivity contribution < 1.29 is 14.3 Å². The minimum absolute atomic E-state index is 0.0609. The minimum Gasteiger partial charge on any atom is -0.455 e. The van der Waals surface area contributed by atoms with Crippen LogP contribution in [0.15, 0.2) is 39.9 Å². The molecule has 1 aliphatic rings. The molecule has 0 spiro atoms. The van der Waals surface area contributed by atoms with Gasteiger partial charge in [-0.25, -0.2) is 4.79 Å². The van der Waals surface area contributed by atoms with Crippen molar-refractivity contribution in [3.63, 3.8) is 0 Å². The number of H-pyrrole nitrogens is 1. The maximum Gasteiger partial charge on any atom is 0.330 e. The fraction of sp³-hybridized carbons (Fsp3) is 0.556. The van der Waals surface area contributed by atoms with Gasteiger partial charge in [0.2, 0.25) is 0 Å². The number of ether oxygens (including phenoxy) is 1. The molecule has 9 nitrogen and oxygen atoms in total. The van der Waals surface area contributed by atoms with Gasteiger partial charge in [-0.1, -0.05) is 69.9 Å². The second-order valence-electron chi connectivity index (χ2n) is 9.62. The van der Waals surface area contributed by atoms with E-state index in [1.165, 1.54) is 9.47 Å². The van der Waals surface area contributed by atoms with Gasteiger partial charge < -0.3 is 15.4 Å². The zero-order chi connectivity index (χ0) is 26.1. The number of rotatable bonds is 11. The summed E-state index contributed by atoms with van der Waals surface area (Å²) < 4.78 is 6.89. The SMILES string of the molecule is CCCCN(C(=O)COC(=O)C1(Cc2ccccc2)CCCCC1)c1c(N)n(CCC)c(=O)[nH]c1=O. The third-order valence-electron chi connectivity index (χ3n) is 6.92. The van der Waals surface area contributed by atoms with E-state index in [2.05, 4.69) is 4.98 Å². The number of carbonyl (C=O) groups is 2. The summed E-state index contributed by atoms with van der Waals surface area (Å²) in [4.78, 5) is 55.2. The van der Waals surface area contributed by atoms with Gasteiger partial charge in [0.15, 0.2) is 12.3 Å². The molecule has 0 radical (unpaired) electrons. The lowest BCUT2D eigenvalue weighted by Crippen LogP contribution is -2.44. The lowest BCUT2D eigenvalue weighted by molar-refractivity contribution is -0.160. The number of amides is 1. The minimum atomic E-state index is -0.728. The molecule has 1 aromatic heterocycles. The number of nitrogen functional groups attached to an aromatic ring is 1. The van der Waals surface area contributed by atoms with Crippen LogP contribution in [0.25, 0.3) is 0 Å². The fourth-order valence-corrected chi connectivity index (χ4v) is 4.99. The van der Waals surface area contributed by atoms with Gasteiger partial charge in [-0.15, -0.1) is 0 Å². The Morgan fingerprint density at radius 2 is 1.78 bits per heavy atom. The molecule has 1 saturated carbocycles. The lowest BCUT2D eigenvalue weighted by Gasteiger charge is -2.35. The molecule has 3 rings (SSSR count). The number of aromatic amines is 1. The summed E-state index contributed by atoms with van der Waals surface area (Å²) in [6.07, 6.45) is 6.94. The normalized spacial score (nSPS) is 14.8. The summed E-state index contributed by atoms with van der Waals surface area (Å²) in [5.74, 6) is -0.983. The monoisotopic (exact) mass is 498 g/mol. The van der Waals surface area contributed by atoms with E-state index in [1.54, 1.807) is 0 Å². The van der Waals surface area contributed by atoms with Crippen LogP contribution >= 0.6 is 0 Å². The third kappa shape index (κ3) is 6.25. The molecule has 0 bridgehead atoms. The zero-order valence-electron chi connectivity index (χ0n) is 21.4. The molecule has 1 amide bonds. The highest BCUT2D eigenvalue weighted by atomic mass is 16.5. The number of hydrogen-bond acceptors (Lipinski definition) is 6. The second kappa shape index (κ2) is 12.6. The van der Waals surface area contributed by atoms with Crippen LogP contribution in [0.3, 0.4) is 0 Å². The number of unbranched alkanes of at least 4 members (excludes halogenated alkanes) is 1. The maximum absolute atomic E-state index is 13.4. The molecule has 0 atom stereocenters. The van der Waals surface area contributed by atoms with Crippen molar-refractivity contribution >= 4 is 23.4 Å². The van der Waals surface area contributed by atoms with Crippen LogP contribution < -0.4 is 21.9 Å². The Morgan fingerprint density at radius 3 is 2.42 bits per heavy atom. The van der Waals surface area contributed by atoms with Crippen molar-refractivity contribution in [3.05, 3.63) is 56.7 Å². The summed E-state index contributed by atoms with van der Waals surface area (Å²) in [6.45, 7) is 3.88. The van der Waals surface area contributed by atoms with Gasteiger partial charge in [-0.2, -0.15) is 0 Å². The van der Waals surface area contributed by atoms with Crippen LogP contribution in [0.2, 0.25) is 0 Å². The maximum atomic E-state index is 13.4. The number of hydrogen-bond donors (Lipinski definition) is 2. The van der Waals surface area contributed by atoms with E-state index in [0.29, 0.717) is 38.6 Å². The van der Waals surface area contributed by atoms with E-state index in [-0.39, 0.29) is 24.0 Å². The summed E-state index contributed by atoms with van der Waals surface area (Å²) in [5, 5.41) is 0. The summed E-state index contributed by atoms with van der Waals surface area (Å²) in [6, 6.07) is 9.84.